The summed E-state index contributed by atoms with van der Waals surface area (Å²) in [6.07, 6.45) is 1.54. The van der Waals surface area contributed by atoms with Crippen LogP contribution in [0.2, 0.25) is 5.15 Å². The van der Waals surface area contributed by atoms with Crippen LogP contribution >= 0.6 is 23.1 Å². The molecule has 1 atom stereocenters. The summed E-state index contributed by atoms with van der Waals surface area (Å²) in [5, 5.41) is 20.7. The van der Waals surface area contributed by atoms with E-state index in [1.165, 1.54) is 6.08 Å². The molecule has 1 aromatic heterocycles. The van der Waals surface area contributed by atoms with Crippen LogP contribution in [0.4, 0.5) is 5.69 Å². The predicted octanol–water partition coefficient (Wildman–Crippen LogP) is 1.63. The van der Waals surface area contributed by atoms with Gasteiger partial charge >= 0.3 is 0 Å². The standard InChI is InChI=1S/C8H8ClN3OS/c1-2-5(4-13)11-7-6(3-10)14-12-8(7)9/h2,5,11,13H,1,4H2. The molecule has 0 aliphatic heterocycles. The fourth-order valence-electron chi connectivity index (χ4n) is 0.837. The van der Waals surface area contributed by atoms with Gasteiger partial charge < -0.3 is 10.4 Å². The molecular weight excluding hydrogens is 222 g/mol. The van der Waals surface area contributed by atoms with Crippen LogP contribution in [0.3, 0.4) is 0 Å². The molecule has 1 heterocycles. The van der Waals surface area contributed by atoms with Gasteiger partial charge in [-0.3, -0.25) is 0 Å². The Morgan fingerprint density at radius 3 is 3.07 bits per heavy atom. The summed E-state index contributed by atoms with van der Waals surface area (Å²) < 4.78 is 3.82. The van der Waals surface area contributed by atoms with Gasteiger partial charge in [-0.1, -0.05) is 17.7 Å². The lowest BCUT2D eigenvalue weighted by molar-refractivity contribution is 0.291. The van der Waals surface area contributed by atoms with Crippen molar-refractivity contribution >= 4 is 28.8 Å². The Balaban J connectivity index is 2.90. The van der Waals surface area contributed by atoms with Gasteiger partial charge in [0.25, 0.3) is 0 Å². The average Bonchev–Trinajstić information content (AvgIpc) is 2.56. The minimum absolute atomic E-state index is 0.111. The molecule has 0 aliphatic carbocycles. The van der Waals surface area contributed by atoms with Crippen LogP contribution in [0, 0.1) is 11.3 Å². The van der Waals surface area contributed by atoms with Crippen molar-refractivity contribution in [3.8, 4) is 6.07 Å². The van der Waals surface area contributed by atoms with E-state index >= 15 is 0 Å². The molecule has 0 saturated carbocycles. The molecule has 1 rings (SSSR count). The number of nitrogens with one attached hydrogen (secondary N) is 1. The maximum Gasteiger partial charge on any atom is 0.167 e. The number of hydrogen-bond donors (Lipinski definition) is 2. The van der Waals surface area contributed by atoms with Crippen molar-refractivity contribution in [2.75, 3.05) is 11.9 Å². The van der Waals surface area contributed by atoms with Crippen LogP contribution in [-0.4, -0.2) is 22.1 Å². The van der Waals surface area contributed by atoms with Gasteiger partial charge in [-0.15, -0.1) is 6.58 Å². The van der Waals surface area contributed by atoms with Gasteiger partial charge in [0, 0.05) is 0 Å². The second-order valence-corrected chi connectivity index (χ2v) is 3.59. The zero-order chi connectivity index (χ0) is 10.6. The van der Waals surface area contributed by atoms with Crippen molar-refractivity contribution < 1.29 is 5.11 Å². The van der Waals surface area contributed by atoms with E-state index in [1.54, 1.807) is 0 Å². The molecule has 0 fully saturated rings. The van der Waals surface area contributed by atoms with E-state index < -0.39 is 0 Å². The Hall–Kier alpha value is -1.09. The molecule has 6 heteroatoms. The molecule has 2 N–H and O–H groups in total. The third-order valence-corrected chi connectivity index (χ3v) is 2.69. The second kappa shape index (κ2) is 4.96. The highest BCUT2D eigenvalue weighted by Crippen LogP contribution is 2.28. The number of hydrogen-bond acceptors (Lipinski definition) is 5. The summed E-state index contributed by atoms with van der Waals surface area (Å²) in [5.41, 5.74) is 0.457. The van der Waals surface area contributed by atoms with Crippen LogP contribution < -0.4 is 5.32 Å². The predicted molar refractivity (Wildman–Crippen MR) is 56.5 cm³/mol. The Morgan fingerprint density at radius 1 is 1.86 bits per heavy atom. The van der Waals surface area contributed by atoms with Crippen molar-refractivity contribution in [2.24, 2.45) is 0 Å². The van der Waals surface area contributed by atoms with Crippen LogP contribution in [0.25, 0.3) is 0 Å². The molecule has 74 valence electrons. The Morgan fingerprint density at radius 2 is 2.57 bits per heavy atom. The minimum Gasteiger partial charge on any atom is -0.394 e. The number of halogens is 1. The largest absolute Gasteiger partial charge is 0.394 e. The number of nitriles is 1. The number of rotatable bonds is 4. The van der Waals surface area contributed by atoms with Crippen LogP contribution in [0.5, 0.6) is 0 Å². The van der Waals surface area contributed by atoms with Gasteiger partial charge in [0.15, 0.2) is 5.15 Å². The van der Waals surface area contributed by atoms with E-state index in [0.29, 0.717) is 10.6 Å². The summed E-state index contributed by atoms with van der Waals surface area (Å²) in [5.74, 6) is 0. The molecule has 1 unspecified atom stereocenters. The van der Waals surface area contributed by atoms with E-state index in [-0.39, 0.29) is 17.8 Å². The van der Waals surface area contributed by atoms with Crippen LogP contribution in [0.1, 0.15) is 4.88 Å². The third-order valence-electron chi connectivity index (χ3n) is 1.56. The maximum atomic E-state index is 8.90. The van der Waals surface area contributed by atoms with E-state index in [1.807, 2.05) is 6.07 Å². The molecule has 0 aromatic carbocycles. The molecule has 0 aliphatic rings. The zero-order valence-corrected chi connectivity index (χ0v) is 8.77. The fraction of sp³-hybridized carbons (Fsp3) is 0.250. The van der Waals surface area contributed by atoms with Crippen molar-refractivity contribution in [3.63, 3.8) is 0 Å². The molecule has 0 saturated heterocycles. The number of aliphatic hydroxyl groups excluding tert-OH is 1. The molecule has 1 aromatic rings. The average molecular weight is 230 g/mol. The van der Waals surface area contributed by atoms with Gasteiger partial charge in [0.2, 0.25) is 0 Å². The van der Waals surface area contributed by atoms with Gasteiger partial charge in [-0.25, -0.2) is 0 Å². The zero-order valence-electron chi connectivity index (χ0n) is 7.20. The van der Waals surface area contributed by atoms with E-state index in [9.17, 15) is 0 Å². The first-order chi connectivity index (χ1) is 6.72. The first kappa shape index (κ1) is 11.0. The summed E-state index contributed by atoms with van der Waals surface area (Å²) >= 11 is 6.77. The first-order valence-corrected chi connectivity index (χ1v) is 4.93. The number of anilines is 1. The SMILES string of the molecule is C=CC(CO)Nc1c(Cl)nsc1C#N. The van der Waals surface area contributed by atoms with Crippen molar-refractivity contribution in [2.45, 2.75) is 6.04 Å². The maximum absolute atomic E-state index is 8.90. The van der Waals surface area contributed by atoms with Crippen LogP contribution in [0.15, 0.2) is 12.7 Å². The lowest BCUT2D eigenvalue weighted by Crippen LogP contribution is -2.20. The quantitative estimate of drug-likeness (QED) is 0.770. The highest BCUT2D eigenvalue weighted by atomic mass is 35.5. The van der Waals surface area contributed by atoms with Crippen LogP contribution in [-0.2, 0) is 0 Å². The fourth-order valence-corrected chi connectivity index (χ4v) is 1.70. The van der Waals surface area contributed by atoms with Crippen molar-refractivity contribution in [3.05, 3.63) is 22.7 Å². The third kappa shape index (κ3) is 2.23. The molecular formula is C8H8ClN3OS. The van der Waals surface area contributed by atoms with Crippen molar-refractivity contribution in [1.82, 2.24) is 4.37 Å². The Kier molecular flexibility index (Phi) is 3.89. The Bertz CT molecular complexity index is 371. The number of aliphatic hydroxyl groups is 1. The van der Waals surface area contributed by atoms with E-state index in [4.69, 9.17) is 22.0 Å². The molecule has 0 radical (unpaired) electrons. The van der Waals surface area contributed by atoms with Gasteiger partial charge in [0.1, 0.15) is 16.6 Å². The lowest BCUT2D eigenvalue weighted by Gasteiger charge is -2.11. The minimum atomic E-state index is -0.323. The van der Waals surface area contributed by atoms with E-state index in [2.05, 4.69) is 16.3 Å². The van der Waals surface area contributed by atoms with Crippen molar-refractivity contribution in [1.29, 1.82) is 5.26 Å². The normalized spacial score (nSPS) is 11.8. The second-order valence-electron chi connectivity index (χ2n) is 2.46. The smallest absolute Gasteiger partial charge is 0.167 e. The van der Waals surface area contributed by atoms with Gasteiger partial charge in [-0.05, 0) is 11.5 Å². The molecule has 0 amide bonds. The molecule has 14 heavy (non-hydrogen) atoms. The van der Waals surface area contributed by atoms with E-state index in [0.717, 1.165) is 11.5 Å². The molecule has 0 bridgehead atoms. The number of nitrogens with zero attached hydrogens (tertiary/aromatic N) is 2. The molecule has 0 spiro atoms. The number of aromatic nitrogens is 1. The van der Waals surface area contributed by atoms with Gasteiger partial charge in [0.05, 0.1) is 12.6 Å². The molecule has 4 nitrogen and oxygen atoms in total. The summed E-state index contributed by atoms with van der Waals surface area (Å²) in [6, 6.07) is 1.64. The Labute approximate surface area is 90.6 Å². The summed E-state index contributed by atoms with van der Waals surface area (Å²) in [7, 11) is 0. The first-order valence-electron chi connectivity index (χ1n) is 3.78. The topological polar surface area (TPSA) is 68.9 Å². The highest BCUT2D eigenvalue weighted by Gasteiger charge is 2.14. The summed E-state index contributed by atoms with van der Waals surface area (Å²) in [6.45, 7) is 3.42. The monoisotopic (exact) mass is 229 g/mol. The van der Waals surface area contributed by atoms with Gasteiger partial charge in [-0.2, -0.15) is 9.64 Å². The highest BCUT2D eigenvalue weighted by molar-refractivity contribution is 7.07. The summed E-state index contributed by atoms with van der Waals surface area (Å²) in [4.78, 5) is 0.398. The lowest BCUT2D eigenvalue weighted by atomic mass is 10.3.